The number of nitrogens with zero attached hydrogens (tertiary/aromatic N) is 2. The number of hydrogen-bond donors (Lipinski definition) is 1. The van der Waals surface area contributed by atoms with Crippen LogP contribution in [0, 0.1) is 0 Å². The van der Waals surface area contributed by atoms with Crippen LogP contribution in [0.3, 0.4) is 0 Å². The van der Waals surface area contributed by atoms with E-state index in [4.69, 9.17) is 4.74 Å². The second-order valence-corrected chi connectivity index (χ2v) is 6.28. The minimum atomic E-state index is 0.0811. The van der Waals surface area contributed by atoms with Crippen LogP contribution in [-0.2, 0) is 17.8 Å². The van der Waals surface area contributed by atoms with E-state index in [2.05, 4.69) is 21.4 Å². The van der Waals surface area contributed by atoms with E-state index >= 15 is 0 Å². The van der Waals surface area contributed by atoms with Crippen molar-refractivity contribution in [1.82, 2.24) is 9.55 Å². The summed E-state index contributed by atoms with van der Waals surface area (Å²) in [6.45, 7) is 5.12. The second-order valence-electron chi connectivity index (χ2n) is 5.21. The lowest BCUT2D eigenvalue weighted by Crippen LogP contribution is -2.18. The Morgan fingerprint density at radius 1 is 1.43 bits per heavy atom. The maximum atomic E-state index is 11.3. The highest BCUT2D eigenvalue weighted by molar-refractivity contribution is 7.99. The molecule has 2 heterocycles. The number of allylic oxidation sites excluding steroid dienone is 1. The Morgan fingerprint density at radius 2 is 2.35 bits per heavy atom. The van der Waals surface area contributed by atoms with E-state index in [1.54, 1.807) is 18.0 Å². The predicted molar refractivity (Wildman–Crippen MR) is 92.0 cm³/mol. The van der Waals surface area contributed by atoms with Gasteiger partial charge in [0.05, 0.1) is 6.61 Å². The predicted octanol–water partition coefficient (Wildman–Crippen LogP) is 3.12. The maximum Gasteiger partial charge on any atom is 0.224 e. The van der Waals surface area contributed by atoms with Gasteiger partial charge in [-0.3, -0.25) is 4.79 Å². The summed E-state index contributed by atoms with van der Waals surface area (Å²) < 4.78 is 7.86. The van der Waals surface area contributed by atoms with Crippen LogP contribution in [0.25, 0.3) is 0 Å². The van der Waals surface area contributed by atoms with E-state index in [0.29, 0.717) is 13.0 Å². The standard InChI is InChI=1S/C17H19N3O2S/c1-2-8-20-9-7-18-17(20)23-11-10-22-14-4-5-15-13(12-14)3-6-16(21)19-15/h2,4-5,7,9,12H,1,3,6,8,10-11H2,(H,19,21). The Bertz CT molecular complexity index is 712. The third kappa shape index (κ3) is 3.96. The molecule has 1 N–H and O–H groups in total. The first-order valence-corrected chi connectivity index (χ1v) is 8.55. The molecule has 0 radical (unpaired) electrons. The summed E-state index contributed by atoms with van der Waals surface area (Å²) in [5.41, 5.74) is 2.03. The molecule has 0 unspecified atom stereocenters. The molecule has 6 heteroatoms. The van der Waals surface area contributed by atoms with Gasteiger partial charge in [0.25, 0.3) is 0 Å². The molecule has 1 aliphatic rings. The molecule has 0 bridgehead atoms. The fourth-order valence-corrected chi connectivity index (χ4v) is 3.24. The Hall–Kier alpha value is -2.21. The molecule has 1 aromatic heterocycles. The number of fused-ring (bicyclic) bond motifs is 1. The third-order valence-corrected chi connectivity index (χ3v) is 4.53. The fourth-order valence-electron chi connectivity index (χ4n) is 2.46. The average Bonchev–Trinajstić information content (AvgIpc) is 2.99. The van der Waals surface area contributed by atoms with Gasteiger partial charge in [-0.2, -0.15) is 0 Å². The SMILES string of the molecule is C=CCn1ccnc1SCCOc1ccc2c(c1)CCC(=O)N2. The minimum absolute atomic E-state index is 0.0811. The van der Waals surface area contributed by atoms with E-state index in [0.717, 1.165) is 40.9 Å². The number of benzene rings is 1. The van der Waals surface area contributed by atoms with E-state index < -0.39 is 0 Å². The molecule has 0 spiro atoms. The molecule has 120 valence electrons. The highest BCUT2D eigenvalue weighted by Crippen LogP contribution is 2.27. The molecule has 0 saturated carbocycles. The van der Waals surface area contributed by atoms with Gasteiger partial charge < -0.3 is 14.6 Å². The molecular formula is C17H19N3O2S. The Labute approximate surface area is 139 Å². The first kappa shape index (κ1) is 15.7. The number of amides is 1. The van der Waals surface area contributed by atoms with Crippen molar-refractivity contribution in [3.05, 3.63) is 48.8 Å². The van der Waals surface area contributed by atoms with Crippen molar-refractivity contribution in [2.45, 2.75) is 24.5 Å². The minimum Gasteiger partial charge on any atom is -0.493 e. The number of anilines is 1. The number of imidazole rings is 1. The van der Waals surface area contributed by atoms with Crippen molar-refractivity contribution in [2.24, 2.45) is 0 Å². The largest absolute Gasteiger partial charge is 0.493 e. The van der Waals surface area contributed by atoms with Crippen LogP contribution in [0.15, 0.2) is 48.4 Å². The van der Waals surface area contributed by atoms with Crippen molar-refractivity contribution in [3.8, 4) is 5.75 Å². The molecule has 0 aliphatic carbocycles. The van der Waals surface area contributed by atoms with Gasteiger partial charge in [0.15, 0.2) is 5.16 Å². The second kappa shape index (κ2) is 7.37. The van der Waals surface area contributed by atoms with E-state index in [-0.39, 0.29) is 5.91 Å². The van der Waals surface area contributed by atoms with Gasteiger partial charge in [0, 0.05) is 36.8 Å². The van der Waals surface area contributed by atoms with Gasteiger partial charge in [-0.1, -0.05) is 17.8 Å². The average molecular weight is 329 g/mol. The highest BCUT2D eigenvalue weighted by atomic mass is 32.2. The van der Waals surface area contributed by atoms with Crippen molar-refractivity contribution in [1.29, 1.82) is 0 Å². The smallest absolute Gasteiger partial charge is 0.224 e. The normalized spacial score (nSPS) is 13.3. The lowest BCUT2D eigenvalue weighted by atomic mass is 10.0. The van der Waals surface area contributed by atoms with Crippen LogP contribution >= 0.6 is 11.8 Å². The molecular weight excluding hydrogens is 310 g/mol. The number of aryl methyl sites for hydroxylation is 1. The molecule has 0 atom stereocenters. The Kier molecular flexibility index (Phi) is 5.02. The lowest BCUT2D eigenvalue weighted by molar-refractivity contribution is -0.116. The first-order chi connectivity index (χ1) is 11.3. The Balaban J connectivity index is 1.50. The quantitative estimate of drug-likeness (QED) is 0.482. The van der Waals surface area contributed by atoms with Crippen LogP contribution in [0.1, 0.15) is 12.0 Å². The topological polar surface area (TPSA) is 56.2 Å². The molecule has 1 aromatic carbocycles. The molecule has 2 aromatic rings. The van der Waals surface area contributed by atoms with E-state index in [1.807, 2.05) is 30.5 Å². The zero-order valence-corrected chi connectivity index (χ0v) is 13.6. The third-order valence-electron chi connectivity index (χ3n) is 3.56. The molecule has 5 nitrogen and oxygen atoms in total. The number of ether oxygens (including phenoxy) is 1. The summed E-state index contributed by atoms with van der Waals surface area (Å²) in [6.07, 6.45) is 6.91. The summed E-state index contributed by atoms with van der Waals surface area (Å²) in [4.78, 5) is 15.7. The number of aromatic nitrogens is 2. The van der Waals surface area contributed by atoms with Gasteiger partial charge >= 0.3 is 0 Å². The highest BCUT2D eigenvalue weighted by Gasteiger charge is 2.15. The van der Waals surface area contributed by atoms with Gasteiger partial charge in [0.1, 0.15) is 5.75 Å². The molecule has 0 saturated heterocycles. The van der Waals surface area contributed by atoms with Crippen molar-refractivity contribution < 1.29 is 9.53 Å². The van der Waals surface area contributed by atoms with Gasteiger partial charge in [-0.15, -0.1) is 6.58 Å². The summed E-state index contributed by atoms with van der Waals surface area (Å²) in [5, 5.41) is 3.85. The van der Waals surface area contributed by atoms with Crippen LogP contribution in [0.2, 0.25) is 0 Å². The van der Waals surface area contributed by atoms with Crippen LogP contribution < -0.4 is 10.1 Å². The van der Waals surface area contributed by atoms with Crippen molar-refractivity contribution in [2.75, 3.05) is 17.7 Å². The van der Waals surface area contributed by atoms with E-state index in [1.165, 1.54) is 0 Å². The fraction of sp³-hybridized carbons (Fsp3) is 0.294. The molecule has 1 aliphatic heterocycles. The van der Waals surface area contributed by atoms with Gasteiger partial charge in [0.2, 0.25) is 5.91 Å². The van der Waals surface area contributed by atoms with Crippen LogP contribution in [0.4, 0.5) is 5.69 Å². The number of rotatable bonds is 7. The number of thioether (sulfide) groups is 1. The van der Waals surface area contributed by atoms with Crippen LogP contribution in [-0.4, -0.2) is 27.8 Å². The van der Waals surface area contributed by atoms with Crippen molar-refractivity contribution >= 4 is 23.4 Å². The summed E-state index contributed by atoms with van der Waals surface area (Å²) in [5.74, 6) is 1.75. The Morgan fingerprint density at radius 3 is 3.22 bits per heavy atom. The number of nitrogens with one attached hydrogen (secondary N) is 1. The van der Waals surface area contributed by atoms with Crippen LogP contribution in [0.5, 0.6) is 5.75 Å². The zero-order chi connectivity index (χ0) is 16.1. The summed E-state index contributed by atoms with van der Waals surface area (Å²) in [6, 6.07) is 5.82. The molecule has 3 rings (SSSR count). The number of hydrogen-bond acceptors (Lipinski definition) is 4. The molecule has 1 amide bonds. The van der Waals surface area contributed by atoms with Gasteiger partial charge in [-0.05, 0) is 30.2 Å². The number of carbonyl (C=O) groups excluding carboxylic acids is 1. The first-order valence-electron chi connectivity index (χ1n) is 7.56. The summed E-state index contributed by atoms with van der Waals surface area (Å²) >= 11 is 1.66. The lowest BCUT2D eigenvalue weighted by Gasteiger charge is -2.17. The molecule has 23 heavy (non-hydrogen) atoms. The van der Waals surface area contributed by atoms with Gasteiger partial charge in [-0.25, -0.2) is 4.98 Å². The number of carbonyl (C=O) groups is 1. The van der Waals surface area contributed by atoms with E-state index in [9.17, 15) is 4.79 Å². The summed E-state index contributed by atoms with van der Waals surface area (Å²) in [7, 11) is 0. The zero-order valence-electron chi connectivity index (χ0n) is 12.8. The molecule has 0 fully saturated rings. The maximum absolute atomic E-state index is 11.3. The van der Waals surface area contributed by atoms with Crippen molar-refractivity contribution in [3.63, 3.8) is 0 Å². The monoisotopic (exact) mass is 329 g/mol.